The number of allylic oxidation sites excluding steroid dienone is 1. The maximum atomic E-state index is 15.0. The van der Waals surface area contributed by atoms with Crippen molar-refractivity contribution < 1.29 is 18.7 Å². The normalized spacial score (nSPS) is 21.5. The van der Waals surface area contributed by atoms with E-state index in [1.807, 2.05) is 5.41 Å². The van der Waals surface area contributed by atoms with Gasteiger partial charge in [0.1, 0.15) is 5.82 Å². The highest BCUT2D eigenvalue weighted by molar-refractivity contribution is 8.16. The van der Waals surface area contributed by atoms with Crippen molar-refractivity contribution in [1.82, 2.24) is 15.1 Å². The number of aliphatic imine (C=N–C) groups is 1. The summed E-state index contributed by atoms with van der Waals surface area (Å²) in [5.74, 6) is -1.04. The number of benzene rings is 1. The summed E-state index contributed by atoms with van der Waals surface area (Å²) in [5, 5.41) is 5.62. The minimum absolute atomic E-state index is 0.0890. The van der Waals surface area contributed by atoms with E-state index in [1.54, 1.807) is 36.9 Å². The first kappa shape index (κ1) is 23.5. The van der Waals surface area contributed by atoms with E-state index in [0.717, 1.165) is 25.9 Å². The molecule has 9 heteroatoms. The summed E-state index contributed by atoms with van der Waals surface area (Å²) in [4.78, 5) is 34.4. The molecule has 0 unspecified atom stereocenters. The molecule has 1 aromatic carbocycles. The van der Waals surface area contributed by atoms with Gasteiger partial charge in [-0.2, -0.15) is 0 Å². The van der Waals surface area contributed by atoms with Crippen molar-refractivity contribution in [1.29, 1.82) is 0 Å². The van der Waals surface area contributed by atoms with Gasteiger partial charge in [-0.3, -0.25) is 4.79 Å². The van der Waals surface area contributed by atoms with Crippen LogP contribution in [0.1, 0.15) is 44.7 Å². The van der Waals surface area contributed by atoms with Crippen molar-refractivity contribution in [2.75, 3.05) is 26.7 Å². The van der Waals surface area contributed by atoms with E-state index in [0.29, 0.717) is 22.1 Å². The van der Waals surface area contributed by atoms with Crippen LogP contribution in [-0.2, 0) is 14.3 Å². The highest BCUT2D eigenvalue weighted by Gasteiger charge is 2.42. The zero-order chi connectivity index (χ0) is 23.5. The van der Waals surface area contributed by atoms with E-state index in [-0.39, 0.29) is 30.5 Å². The third-order valence-electron chi connectivity index (χ3n) is 6.12. The number of hydrogen-bond donors (Lipinski definition) is 1. The molecule has 1 atom stereocenters. The molecule has 3 aliphatic heterocycles. The van der Waals surface area contributed by atoms with E-state index in [1.165, 1.54) is 17.8 Å². The lowest BCUT2D eigenvalue weighted by Crippen LogP contribution is -2.44. The lowest BCUT2D eigenvalue weighted by atomic mass is 9.93. The average molecular weight is 473 g/mol. The fourth-order valence-corrected chi connectivity index (χ4v) is 5.39. The topological polar surface area (TPSA) is 74.2 Å². The Morgan fingerprint density at radius 2 is 2.00 bits per heavy atom. The van der Waals surface area contributed by atoms with Gasteiger partial charge in [0.15, 0.2) is 5.17 Å². The molecule has 0 saturated carbocycles. The van der Waals surface area contributed by atoms with E-state index >= 15 is 0 Å². The van der Waals surface area contributed by atoms with Crippen LogP contribution >= 0.6 is 11.8 Å². The van der Waals surface area contributed by atoms with Crippen LogP contribution in [0.5, 0.6) is 0 Å². The third kappa shape index (κ3) is 4.99. The Kier molecular flexibility index (Phi) is 7.19. The van der Waals surface area contributed by atoms with Gasteiger partial charge in [0.05, 0.1) is 30.3 Å². The minimum atomic E-state index is -0.755. The summed E-state index contributed by atoms with van der Waals surface area (Å²) in [6.07, 6.45) is 1.96. The van der Waals surface area contributed by atoms with Crippen LogP contribution in [0, 0.1) is 5.82 Å². The van der Waals surface area contributed by atoms with Gasteiger partial charge in [-0.15, -0.1) is 0 Å². The smallest absolute Gasteiger partial charge is 0.338 e. The summed E-state index contributed by atoms with van der Waals surface area (Å²) < 4.78 is 20.3. The summed E-state index contributed by atoms with van der Waals surface area (Å²) in [5.41, 5.74) is 1.81. The van der Waals surface area contributed by atoms with Crippen molar-refractivity contribution in [2.24, 2.45) is 4.99 Å². The Morgan fingerprint density at radius 3 is 2.70 bits per heavy atom. The SMILES string of the molecule is CCOC(=O)C1=C(C)N=C2SC=C(CC(=O)NC3CCN(C)CC3)N2[C@H]1c1ccccc1F. The highest BCUT2D eigenvalue weighted by Crippen LogP contribution is 2.45. The number of carbonyl (C=O) groups is 2. The van der Waals surface area contributed by atoms with Crippen LogP contribution in [0.4, 0.5) is 4.39 Å². The van der Waals surface area contributed by atoms with Crippen LogP contribution in [0.25, 0.3) is 0 Å². The summed E-state index contributed by atoms with van der Waals surface area (Å²) in [7, 11) is 2.08. The number of hydrogen-bond acceptors (Lipinski definition) is 7. The van der Waals surface area contributed by atoms with Crippen LogP contribution in [0.2, 0.25) is 0 Å². The molecule has 0 radical (unpaired) electrons. The Morgan fingerprint density at radius 1 is 1.27 bits per heavy atom. The van der Waals surface area contributed by atoms with Crippen LogP contribution < -0.4 is 5.32 Å². The Labute approximate surface area is 197 Å². The predicted molar refractivity (Wildman–Crippen MR) is 127 cm³/mol. The van der Waals surface area contributed by atoms with Gasteiger partial charge < -0.3 is 19.9 Å². The lowest BCUT2D eigenvalue weighted by molar-refractivity contribution is -0.139. The Balaban J connectivity index is 1.61. The zero-order valence-corrected chi connectivity index (χ0v) is 20.0. The Hall–Kier alpha value is -2.65. The van der Waals surface area contributed by atoms with Crippen molar-refractivity contribution in [3.05, 3.63) is 58.0 Å². The largest absolute Gasteiger partial charge is 0.463 e. The standard InChI is InChI=1S/C24H29FN4O3S/c1-4-32-23(31)21-15(2)26-24-29(22(21)18-7-5-6-8-19(18)25)17(14-33-24)13-20(30)27-16-9-11-28(3)12-10-16/h5-8,14,16,22H,4,9-13H2,1-3H3,(H,27,30)/t22-/m0/s1. The quantitative estimate of drug-likeness (QED) is 0.638. The molecule has 0 aliphatic carbocycles. The van der Waals surface area contributed by atoms with E-state index < -0.39 is 17.8 Å². The van der Waals surface area contributed by atoms with E-state index in [2.05, 4.69) is 22.3 Å². The van der Waals surface area contributed by atoms with Crippen LogP contribution in [0.3, 0.4) is 0 Å². The number of likely N-dealkylation sites (tertiary alicyclic amines) is 1. The zero-order valence-electron chi connectivity index (χ0n) is 19.1. The maximum absolute atomic E-state index is 15.0. The maximum Gasteiger partial charge on any atom is 0.338 e. The number of ether oxygens (including phenoxy) is 1. The van der Waals surface area contributed by atoms with E-state index in [9.17, 15) is 14.0 Å². The number of nitrogens with zero attached hydrogens (tertiary/aromatic N) is 3. The first-order valence-electron chi connectivity index (χ1n) is 11.2. The molecule has 1 fully saturated rings. The lowest BCUT2D eigenvalue weighted by Gasteiger charge is -2.36. The molecule has 176 valence electrons. The highest BCUT2D eigenvalue weighted by atomic mass is 32.2. The second-order valence-corrected chi connectivity index (χ2v) is 9.29. The first-order chi connectivity index (χ1) is 15.9. The van der Waals surface area contributed by atoms with Gasteiger partial charge in [-0.1, -0.05) is 30.0 Å². The molecule has 0 aromatic heterocycles. The van der Waals surface area contributed by atoms with Gasteiger partial charge in [0.2, 0.25) is 5.91 Å². The van der Waals surface area contributed by atoms with Gasteiger partial charge >= 0.3 is 5.97 Å². The number of thioether (sulfide) groups is 1. The number of esters is 1. The van der Waals surface area contributed by atoms with Gasteiger partial charge in [0.25, 0.3) is 0 Å². The summed E-state index contributed by atoms with van der Waals surface area (Å²) in [6.45, 7) is 5.57. The van der Waals surface area contributed by atoms with Gasteiger partial charge in [-0.05, 0) is 58.3 Å². The summed E-state index contributed by atoms with van der Waals surface area (Å²) >= 11 is 1.38. The molecule has 1 saturated heterocycles. The van der Waals surface area contributed by atoms with Crippen molar-refractivity contribution in [2.45, 2.75) is 45.2 Å². The van der Waals surface area contributed by atoms with Crippen LogP contribution in [-0.4, -0.2) is 59.6 Å². The first-order valence-corrected chi connectivity index (χ1v) is 12.1. The number of fused-ring (bicyclic) bond motifs is 1. The molecule has 1 amide bonds. The molecule has 0 bridgehead atoms. The second kappa shape index (κ2) is 10.1. The number of amidine groups is 1. The van der Waals surface area contributed by atoms with Crippen molar-refractivity contribution >= 4 is 28.8 Å². The molecule has 4 rings (SSSR count). The minimum Gasteiger partial charge on any atom is -0.463 e. The summed E-state index contributed by atoms with van der Waals surface area (Å²) in [6, 6.07) is 5.78. The number of halogens is 1. The molecule has 0 spiro atoms. The molecule has 1 N–H and O–H groups in total. The average Bonchev–Trinajstić information content (AvgIpc) is 3.17. The number of nitrogens with one attached hydrogen (secondary N) is 1. The second-order valence-electron chi connectivity index (χ2n) is 8.46. The number of rotatable bonds is 6. The molecular weight excluding hydrogens is 443 g/mol. The number of amides is 1. The van der Waals surface area contributed by atoms with Gasteiger partial charge in [0, 0.05) is 17.3 Å². The molecule has 33 heavy (non-hydrogen) atoms. The van der Waals surface area contributed by atoms with Crippen molar-refractivity contribution in [3.63, 3.8) is 0 Å². The number of piperidine rings is 1. The molecule has 3 aliphatic rings. The molecule has 7 nitrogen and oxygen atoms in total. The molecular formula is C24H29FN4O3S. The number of carbonyl (C=O) groups excluding carboxylic acids is 2. The third-order valence-corrected chi connectivity index (χ3v) is 7.01. The molecule has 3 heterocycles. The van der Waals surface area contributed by atoms with Gasteiger partial charge in [-0.25, -0.2) is 14.2 Å². The fraction of sp³-hybridized carbons (Fsp3) is 0.458. The predicted octanol–water partition coefficient (Wildman–Crippen LogP) is 3.56. The molecule has 1 aromatic rings. The van der Waals surface area contributed by atoms with Crippen molar-refractivity contribution in [3.8, 4) is 0 Å². The van der Waals surface area contributed by atoms with E-state index in [4.69, 9.17) is 4.74 Å². The Bertz CT molecular complexity index is 1030. The fourth-order valence-electron chi connectivity index (χ4n) is 4.43. The monoisotopic (exact) mass is 472 g/mol. The van der Waals surface area contributed by atoms with Crippen LogP contribution in [0.15, 0.2) is 51.6 Å².